The van der Waals surface area contributed by atoms with E-state index >= 15 is 0 Å². The van der Waals surface area contributed by atoms with Crippen LogP contribution in [0.4, 0.5) is 0 Å². The van der Waals surface area contributed by atoms with Gasteiger partial charge in [-0.15, -0.1) is 0 Å². The Hall–Kier alpha value is -3.71. The van der Waals surface area contributed by atoms with E-state index in [0.29, 0.717) is 28.3 Å². The predicted octanol–water partition coefficient (Wildman–Crippen LogP) is 3.81. The molecular weight excluding hydrogens is 402 g/mol. The normalized spacial score (nSPS) is 14.5. The van der Waals surface area contributed by atoms with Crippen molar-refractivity contribution in [2.45, 2.75) is 13.3 Å². The second kappa shape index (κ2) is 8.09. The van der Waals surface area contributed by atoms with Gasteiger partial charge >= 0.3 is 0 Å². The quantitative estimate of drug-likeness (QED) is 0.536. The summed E-state index contributed by atoms with van der Waals surface area (Å²) in [4.78, 5) is 23.1. The van der Waals surface area contributed by atoms with Crippen LogP contribution in [-0.2, 0) is 0 Å². The van der Waals surface area contributed by atoms with Gasteiger partial charge in [0.15, 0.2) is 5.52 Å². The third-order valence-corrected chi connectivity index (χ3v) is 5.94. The van der Waals surface area contributed by atoms with E-state index in [4.69, 9.17) is 9.72 Å². The van der Waals surface area contributed by atoms with E-state index in [9.17, 15) is 4.79 Å². The van der Waals surface area contributed by atoms with Gasteiger partial charge in [0.05, 0.1) is 24.1 Å². The molecule has 0 saturated heterocycles. The maximum absolute atomic E-state index is 13.1. The van der Waals surface area contributed by atoms with E-state index < -0.39 is 0 Å². The molecule has 3 heterocycles. The van der Waals surface area contributed by atoms with E-state index in [1.807, 2.05) is 49.4 Å². The number of hydrogen-bond donors (Lipinski definition) is 1. The third-order valence-electron chi connectivity index (χ3n) is 5.94. The number of nitrogens with zero attached hydrogens (tertiary/aromatic N) is 4. The molecule has 1 aliphatic rings. The van der Waals surface area contributed by atoms with Crippen molar-refractivity contribution in [3.8, 4) is 22.8 Å². The van der Waals surface area contributed by atoms with Crippen LogP contribution in [0.25, 0.3) is 33.7 Å². The van der Waals surface area contributed by atoms with Crippen LogP contribution in [0.5, 0.6) is 5.75 Å². The number of H-pyrrole nitrogens is 1. The second-order valence-corrected chi connectivity index (χ2v) is 8.10. The summed E-state index contributed by atoms with van der Waals surface area (Å²) in [5, 5.41) is 4.57. The number of aromatic amines is 1. The summed E-state index contributed by atoms with van der Waals surface area (Å²) in [6, 6.07) is 15.7. The minimum atomic E-state index is -0.237. The molecule has 4 aromatic rings. The van der Waals surface area contributed by atoms with Crippen molar-refractivity contribution in [1.29, 1.82) is 0 Å². The monoisotopic (exact) mass is 427 g/mol. The van der Waals surface area contributed by atoms with Gasteiger partial charge in [-0.1, -0.05) is 30.3 Å². The maximum Gasteiger partial charge on any atom is 0.277 e. The number of ether oxygens (including phenoxy) is 1. The number of rotatable bonds is 4. The number of methoxy groups -OCH3 is 1. The average molecular weight is 428 g/mol. The topological polar surface area (TPSA) is 76.0 Å². The Balaban J connectivity index is 1.61. The summed E-state index contributed by atoms with van der Waals surface area (Å²) < 4.78 is 7.33. The number of likely N-dealkylation sites (N-methyl/N-ethyl adjacent to an activating group) is 1. The molecule has 1 N–H and O–H groups in total. The van der Waals surface area contributed by atoms with Crippen LogP contribution in [0.2, 0.25) is 0 Å². The van der Waals surface area contributed by atoms with Gasteiger partial charge in [0.2, 0.25) is 0 Å². The molecule has 0 spiro atoms. The standard InChI is InChI=1S/C25H25N5O2/c1-16-22-23(30(28-16)19-7-5-4-6-8-19)25(31)27-24(26-22)20-10-9-18(15-21(20)32-3)17-11-13-29(2)14-12-17/h4-11,15H,12-14H2,1-3H3,(H,26,27,31). The van der Waals surface area contributed by atoms with Crippen molar-refractivity contribution in [2.24, 2.45) is 0 Å². The van der Waals surface area contributed by atoms with E-state index in [0.717, 1.165) is 36.3 Å². The molecule has 0 atom stereocenters. The number of aromatic nitrogens is 4. The molecule has 162 valence electrons. The fourth-order valence-corrected chi connectivity index (χ4v) is 4.17. The summed E-state index contributed by atoms with van der Waals surface area (Å²) in [7, 11) is 3.76. The summed E-state index contributed by atoms with van der Waals surface area (Å²) in [5.41, 5.74) is 5.48. The highest BCUT2D eigenvalue weighted by Crippen LogP contribution is 2.33. The van der Waals surface area contributed by atoms with Gasteiger partial charge in [-0.3, -0.25) is 4.79 Å². The first-order chi connectivity index (χ1) is 15.5. The molecule has 0 fully saturated rings. The van der Waals surface area contributed by atoms with Gasteiger partial charge in [-0.25, -0.2) is 9.67 Å². The fraction of sp³-hybridized carbons (Fsp3) is 0.240. The molecule has 0 unspecified atom stereocenters. The molecular formula is C25H25N5O2. The lowest BCUT2D eigenvalue weighted by Gasteiger charge is -2.22. The number of para-hydroxylation sites is 1. The average Bonchev–Trinajstić information content (AvgIpc) is 3.16. The number of benzene rings is 2. The largest absolute Gasteiger partial charge is 0.496 e. The van der Waals surface area contributed by atoms with Crippen molar-refractivity contribution in [2.75, 3.05) is 27.2 Å². The molecule has 0 aliphatic carbocycles. The van der Waals surface area contributed by atoms with Crippen LogP contribution < -0.4 is 10.3 Å². The van der Waals surface area contributed by atoms with Crippen LogP contribution in [0.1, 0.15) is 17.7 Å². The highest BCUT2D eigenvalue weighted by Gasteiger charge is 2.19. The molecule has 0 amide bonds. The van der Waals surface area contributed by atoms with Crippen LogP contribution in [-0.4, -0.2) is 51.9 Å². The van der Waals surface area contributed by atoms with Crippen molar-refractivity contribution in [3.05, 3.63) is 76.2 Å². The third kappa shape index (κ3) is 3.50. The zero-order chi connectivity index (χ0) is 22.2. The maximum atomic E-state index is 13.1. The molecule has 5 rings (SSSR count). The Labute approximate surface area is 186 Å². The van der Waals surface area contributed by atoms with Crippen molar-refractivity contribution >= 4 is 16.6 Å². The Morgan fingerprint density at radius 2 is 1.94 bits per heavy atom. The Morgan fingerprint density at radius 3 is 2.66 bits per heavy atom. The molecule has 32 heavy (non-hydrogen) atoms. The van der Waals surface area contributed by atoms with Gasteiger partial charge in [-0.05, 0) is 55.8 Å². The van der Waals surface area contributed by atoms with Crippen molar-refractivity contribution < 1.29 is 4.74 Å². The number of aryl methyl sites for hydroxylation is 1. The van der Waals surface area contributed by atoms with Gasteiger partial charge in [-0.2, -0.15) is 5.10 Å². The van der Waals surface area contributed by atoms with Gasteiger partial charge in [0, 0.05) is 13.1 Å². The minimum absolute atomic E-state index is 0.237. The molecule has 1 aliphatic heterocycles. The molecule has 0 radical (unpaired) electrons. The molecule has 7 nitrogen and oxygen atoms in total. The van der Waals surface area contributed by atoms with E-state index in [1.54, 1.807) is 11.8 Å². The van der Waals surface area contributed by atoms with Gasteiger partial charge in [0.25, 0.3) is 5.56 Å². The first-order valence-electron chi connectivity index (χ1n) is 10.7. The molecule has 7 heteroatoms. The Kier molecular flexibility index (Phi) is 5.11. The summed E-state index contributed by atoms with van der Waals surface area (Å²) in [5.74, 6) is 1.15. The minimum Gasteiger partial charge on any atom is -0.496 e. The zero-order valence-corrected chi connectivity index (χ0v) is 18.4. The highest BCUT2D eigenvalue weighted by molar-refractivity contribution is 5.81. The number of fused-ring (bicyclic) bond motifs is 1. The van der Waals surface area contributed by atoms with Gasteiger partial charge in [0.1, 0.15) is 17.1 Å². The van der Waals surface area contributed by atoms with Crippen LogP contribution in [0.15, 0.2) is 59.4 Å². The summed E-state index contributed by atoms with van der Waals surface area (Å²) >= 11 is 0. The Bertz CT molecular complexity index is 1380. The van der Waals surface area contributed by atoms with Crippen LogP contribution >= 0.6 is 0 Å². The SMILES string of the molecule is COc1cc(C2=CCN(C)CC2)ccc1-c1nc2c(C)nn(-c3ccccc3)c2c(=O)[nH]1. The summed E-state index contributed by atoms with van der Waals surface area (Å²) in [6.45, 7) is 3.84. The summed E-state index contributed by atoms with van der Waals surface area (Å²) in [6.07, 6.45) is 3.25. The van der Waals surface area contributed by atoms with Gasteiger partial charge < -0.3 is 14.6 Å². The van der Waals surface area contributed by atoms with E-state index in [2.05, 4.69) is 34.2 Å². The molecule has 0 bridgehead atoms. The molecule has 2 aromatic heterocycles. The number of hydrogen-bond acceptors (Lipinski definition) is 5. The predicted molar refractivity (Wildman–Crippen MR) is 126 cm³/mol. The second-order valence-electron chi connectivity index (χ2n) is 8.10. The van der Waals surface area contributed by atoms with Crippen LogP contribution in [0, 0.1) is 6.92 Å². The lowest BCUT2D eigenvalue weighted by molar-refractivity contribution is 0.370. The lowest BCUT2D eigenvalue weighted by Crippen LogP contribution is -2.23. The highest BCUT2D eigenvalue weighted by atomic mass is 16.5. The first kappa shape index (κ1) is 20.2. The zero-order valence-electron chi connectivity index (χ0n) is 18.4. The number of nitrogens with one attached hydrogen (secondary N) is 1. The molecule has 2 aromatic carbocycles. The Morgan fingerprint density at radius 1 is 1.12 bits per heavy atom. The fourth-order valence-electron chi connectivity index (χ4n) is 4.17. The van der Waals surface area contributed by atoms with E-state index in [1.165, 1.54) is 5.57 Å². The van der Waals surface area contributed by atoms with Crippen molar-refractivity contribution in [3.63, 3.8) is 0 Å². The van der Waals surface area contributed by atoms with E-state index in [-0.39, 0.29) is 5.56 Å². The smallest absolute Gasteiger partial charge is 0.277 e. The first-order valence-corrected chi connectivity index (χ1v) is 10.7. The molecule has 0 saturated carbocycles. The lowest BCUT2D eigenvalue weighted by atomic mass is 9.98. The van der Waals surface area contributed by atoms with Crippen molar-refractivity contribution in [1.82, 2.24) is 24.6 Å². The van der Waals surface area contributed by atoms with Crippen LogP contribution in [0.3, 0.4) is 0 Å².